The van der Waals surface area contributed by atoms with Gasteiger partial charge in [0.1, 0.15) is 0 Å². The predicted molar refractivity (Wildman–Crippen MR) is 51.1 cm³/mol. The third-order valence-electron chi connectivity index (χ3n) is 1.40. The molecule has 0 aromatic heterocycles. The molecule has 0 atom stereocenters. The molecule has 0 unspecified atom stereocenters. The molecule has 1 aromatic carbocycles. The molecule has 0 saturated carbocycles. The van der Waals surface area contributed by atoms with Crippen LogP contribution in [-0.4, -0.2) is 4.92 Å². The predicted octanol–water partition coefficient (Wildman–Crippen LogP) is 3.26. The van der Waals surface area contributed by atoms with Gasteiger partial charge in [-0.3, -0.25) is 10.1 Å². The smallest absolute Gasteiger partial charge is 0.258 e. The van der Waals surface area contributed by atoms with Gasteiger partial charge in [-0.15, -0.1) is 0 Å². The van der Waals surface area contributed by atoms with Crippen LogP contribution in [0.3, 0.4) is 0 Å². The van der Waals surface area contributed by atoms with Crippen LogP contribution in [-0.2, 0) is 0 Å². The molecule has 1 aromatic rings. The highest BCUT2D eigenvalue weighted by molar-refractivity contribution is 9.11. The maximum atomic E-state index is 12.4. The van der Waals surface area contributed by atoms with Crippen LogP contribution in [0, 0.1) is 10.1 Å². The summed E-state index contributed by atoms with van der Waals surface area (Å²) in [6.45, 7) is 0. The summed E-state index contributed by atoms with van der Waals surface area (Å²) in [6.07, 6.45) is 1.05. The van der Waals surface area contributed by atoms with Crippen LogP contribution in [0.25, 0.3) is 6.08 Å². The Kier molecular flexibility index (Phi) is 3.13. The van der Waals surface area contributed by atoms with Crippen LogP contribution < -0.4 is 0 Å². The summed E-state index contributed by atoms with van der Waals surface area (Å²) in [5, 5.41) is 10.4. The molecule has 0 aliphatic carbocycles. The lowest BCUT2D eigenvalue weighted by atomic mass is 10.2. The Hall–Kier alpha value is -1.23. The lowest BCUT2D eigenvalue weighted by molar-refractivity contribution is -0.385. The molecule has 0 amide bonds. The second-order valence-electron chi connectivity index (χ2n) is 2.25. The minimum atomic E-state index is -0.637. The average Bonchev–Trinajstić information content (AvgIpc) is 2.03. The highest BCUT2D eigenvalue weighted by atomic mass is 79.9. The number of hydrogen-bond acceptors (Lipinski definition) is 2. The van der Waals surface area contributed by atoms with Crippen molar-refractivity contribution in [2.45, 2.75) is 0 Å². The Morgan fingerprint density at radius 1 is 1.54 bits per heavy atom. The highest BCUT2D eigenvalue weighted by Crippen LogP contribution is 2.22. The number of para-hydroxylation sites is 1. The van der Waals surface area contributed by atoms with E-state index in [1.165, 1.54) is 18.2 Å². The van der Waals surface area contributed by atoms with Gasteiger partial charge in [-0.1, -0.05) is 12.1 Å². The number of rotatable bonds is 2. The van der Waals surface area contributed by atoms with Crippen molar-refractivity contribution in [3.8, 4) is 0 Å². The summed E-state index contributed by atoms with van der Waals surface area (Å²) in [4.78, 5) is 9.89. The molecule has 0 radical (unpaired) electrons. The van der Waals surface area contributed by atoms with E-state index in [2.05, 4.69) is 15.9 Å². The van der Waals surface area contributed by atoms with E-state index in [1.54, 1.807) is 6.07 Å². The van der Waals surface area contributed by atoms with Gasteiger partial charge < -0.3 is 0 Å². The minimum absolute atomic E-state index is 0.114. The largest absolute Gasteiger partial charge is 0.276 e. The number of hydrogen-bond donors (Lipinski definition) is 0. The molecule has 0 bridgehead atoms. The molecule has 0 spiro atoms. The monoisotopic (exact) mass is 245 g/mol. The van der Waals surface area contributed by atoms with Crippen molar-refractivity contribution < 1.29 is 9.31 Å². The van der Waals surface area contributed by atoms with E-state index in [9.17, 15) is 14.5 Å². The molecule has 0 N–H and O–H groups in total. The van der Waals surface area contributed by atoms with Crippen LogP contribution in [0.15, 0.2) is 29.0 Å². The maximum Gasteiger partial charge on any atom is 0.276 e. The van der Waals surface area contributed by atoms with E-state index in [0.717, 1.165) is 6.08 Å². The van der Waals surface area contributed by atoms with Crippen molar-refractivity contribution >= 4 is 27.7 Å². The van der Waals surface area contributed by atoms with Crippen molar-refractivity contribution in [1.82, 2.24) is 0 Å². The Bertz CT molecular complexity index is 361. The zero-order valence-corrected chi connectivity index (χ0v) is 7.99. The van der Waals surface area contributed by atoms with Gasteiger partial charge in [0.25, 0.3) is 5.69 Å². The third kappa shape index (κ3) is 2.62. The topological polar surface area (TPSA) is 43.1 Å². The van der Waals surface area contributed by atoms with E-state index >= 15 is 0 Å². The van der Waals surface area contributed by atoms with E-state index in [4.69, 9.17) is 0 Å². The second-order valence-corrected chi connectivity index (χ2v) is 3.01. The molecule has 0 fully saturated rings. The van der Waals surface area contributed by atoms with Crippen molar-refractivity contribution in [3.05, 3.63) is 44.7 Å². The van der Waals surface area contributed by atoms with Gasteiger partial charge in [-0.25, -0.2) is 0 Å². The second kappa shape index (κ2) is 4.13. The van der Waals surface area contributed by atoms with Gasteiger partial charge in [0, 0.05) is 6.07 Å². The summed E-state index contributed by atoms with van der Waals surface area (Å²) < 4.78 is 11.7. The zero-order chi connectivity index (χ0) is 9.84. The molecule has 13 heavy (non-hydrogen) atoms. The van der Waals surface area contributed by atoms with Crippen LogP contribution in [0.1, 0.15) is 5.56 Å². The number of nitrogens with zero attached hydrogens (tertiary/aromatic N) is 1. The van der Waals surface area contributed by atoms with E-state index in [0.29, 0.717) is 0 Å². The van der Waals surface area contributed by atoms with Gasteiger partial charge >= 0.3 is 0 Å². The normalized spacial score (nSPS) is 11.4. The number of benzene rings is 1. The Morgan fingerprint density at radius 2 is 2.15 bits per heavy atom. The first-order valence-electron chi connectivity index (χ1n) is 3.37. The summed E-state index contributed by atoms with van der Waals surface area (Å²) >= 11 is 2.57. The summed E-state index contributed by atoms with van der Waals surface area (Å²) in [5.74, 6) is 0. The molecular formula is C8H5BrFNO2. The van der Waals surface area contributed by atoms with E-state index in [-0.39, 0.29) is 11.3 Å². The molecule has 0 saturated heterocycles. The minimum Gasteiger partial charge on any atom is -0.258 e. The maximum absolute atomic E-state index is 12.4. The third-order valence-corrected chi connectivity index (χ3v) is 1.63. The van der Waals surface area contributed by atoms with Crippen molar-refractivity contribution in [3.63, 3.8) is 0 Å². The lowest BCUT2D eigenvalue weighted by Crippen LogP contribution is -1.90. The molecule has 3 nitrogen and oxygen atoms in total. The van der Waals surface area contributed by atoms with Gasteiger partial charge in [0.15, 0.2) is 4.74 Å². The Balaban J connectivity index is 3.20. The number of halogens is 2. The first-order chi connectivity index (χ1) is 6.11. The number of nitro groups is 1. The van der Waals surface area contributed by atoms with Gasteiger partial charge in [0.05, 0.1) is 10.5 Å². The molecule has 1 rings (SSSR count). The summed E-state index contributed by atoms with van der Waals surface area (Å²) in [5.41, 5.74) is 0.124. The van der Waals surface area contributed by atoms with E-state index < -0.39 is 9.66 Å². The first-order valence-corrected chi connectivity index (χ1v) is 4.16. The molecular weight excluding hydrogens is 241 g/mol. The molecule has 0 heterocycles. The fraction of sp³-hybridized carbons (Fsp3) is 0. The Labute approximate surface area is 82.2 Å². The van der Waals surface area contributed by atoms with E-state index in [1.807, 2.05) is 0 Å². The van der Waals surface area contributed by atoms with Crippen molar-refractivity contribution in [2.75, 3.05) is 0 Å². The lowest BCUT2D eigenvalue weighted by Gasteiger charge is -1.95. The quantitative estimate of drug-likeness (QED) is 0.593. The fourth-order valence-corrected chi connectivity index (χ4v) is 1.14. The number of nitro benzene ring substituents is 1. The van der Waals surface area contributed by atoms with Crippen molar-refractivity contribution in [2.24, 2.45) is 0 Å². The van der Waals surface area contributed by atoms with Crippen molar-refractivity contribution in [1.29, 1.82) is 0 Å². The first kappa shape index (κ1) is 9.85. The molecule has 68 valence electrons. The summed E-state index contributed by atoms with van der Waals surface area (Å²) in [7, 11) is 0. The van der Waals surface area contributed by atoms with Crippen LogP contribution in [0.5, 0.6) is 0 Å². The van der Waals surface area contributed by atoms with Gasteiger partial charge in [-0.2, -0.15) is 4.39 Å². The van der Waals surface area contributed by atoms with Gasteiger partial charge in [-0.05, 0) is 28.1 Å². The van der Waals surface area contributed by atoms with Gasteiger partial charge in [0.2, 0.25) is 0 Å². The standard InChI is InChI=1S/C8H5BrFNO2/c9-8(10)5-6-3-1-2-4-7(6)11(12)13/h1-5H/b8-5+. The molecule has 5 heteroatoms. The SMILES string of the molecule is O=[N+]([O-])c1ccccc1/C=C(/F)Br. The molecule has 0 aliphatic rings. The van der Waals surface area contributed by atoms with Crippen LogP contribution >= 0.6 is 15.9 Å². The zero-order valence-electron chi connectivity index (χ0n) is 6.41. The molecule has 0 aliphatic heterocycles. The average molecular weight is 246 g/mol. The fourth-order valence-electron chi connectivity index (χ4n) is 0.893. The highest BCUT2D eigenvalue weighted by Gasteiger charge is 2.09. The Morgan fingerprint density at radius 3 is 2.69 bits per heavy atom. The van der Waals surface area contributed by atoms with Crippen LogP contribution in [0.2, 0.25) is 0 Å². The summed E-state index contributed by atoms with van der Waals surface area (Å²) in [6, 6.07) is 5.93. The van der Waals surface area contributed by atoms with Crippen LogP contribution in [0.4, 0.5) is 10.1 Å².